The SMILES string of the molecule is Cc1cccc(CCC(C)N[C@@H](C)c2ccc(Br)cc2)c1. The average Bonchev–Trinajstić information content (AvgIpc) is 2.46. The molecule has 112 valence electrons. The van der Waals surface area contributed by atoms with Crippen molar-refractivity contribution in [3.8, 4) is 0 Å². The quantitative estimate of drug-likeness (QED) is 0.735. The second kappa shape index (κ2) is 7.77. The standard InChI is InChI=1S/C19H24BrN/c1-14-5-4-6-17(13-14)8-7-15(2)21-16(3)18-9-11-19(20)12-10-18/h4-6,9-13,15-16,21H,7-8H2,1-3H3/t15?,16-/m0/s1. The third kappa shape index (κ3) is 5.29. The van der Waals surface area contributed by atoms with Gasteiger partial charge in [-0.1, -0.05) is 57.9 Å². The van der Waals surface area contributed by atoms with E-state index < -0.39 is 0 Å². The zero-order valence-corrected chi connectivity index (χ0v) is 14.7. The Morgan fingerprint density at radius 3 is 2.43 bits per heavy atom. The van der Waals surface area contributed by atoms with Gasteiger partial charge in [-0.2, -0.15) is 0 Å². The van der Waals surface area contributed by atoms with Crippen LogP contribution in [-0.2, 0) is 6.42 Å². The number of aryl methyl sites for hydroxylation is 2. The van der Waals surface area contributed by atoms with E-state index in [9.17, 15) is 0 Å². The summed E-state index contributed by atoms with van der Waals surface area (Å²) in [5.74, 6) is 0. The lowest BCUT2D eigenvalue weighted by Crippen LogP contribution is -2.29. The van der Waals surface area contributed by atoms with Crippen LogP contribution < -0.4 is 5.32 Å². The molecule has 0 heterocycles. The smallest absolute Gasteiger partial charge is 0.0294 e. The third-order valence-electron chi connectivity index (χ3n) is 3.85. The van der Waals surface area contributed by atoms with Gasteiger partial charge in [0.15, 0.2) is 0 Å². The summed E-state index contributed by atoms with van der Waals surface area (Å²) in [7, 11) is 0. The van der Waals surface area contributed by atoms with Crippen LogP contribution in [0.1, 0.15) is 43.0 Å². The van der Waals surface area contributed by atoms with Crippen LogP contribution in [0.2, 0.25) is 0 Å². The van der Waals surface area contributed by atoms with Gasteiger partial charge in [0.05, 0.1) is 0 Å². The van der Waals surface area contributed by atoms with Crippen molar-refractivity contribution in [1.82, 2.24) is 5.32 Å². The molecule has 0 radical (unpaired) electrons. The molecule has 2 aromatic rings. The highest BCUT2D eigenvalue weighted by molar-refractivity contribution is 9.10. The predicted octanol–water partition coefficient (Wildman–Crippen LogP) is 5.43. The monoisotopic (exact) mass is 345 g/mol. The number of halogens is 1. The third-order valence-corrected chi connectivity index (χ3v) is 4.38. The summed E-state index contributed by atoms with van der Waals surface area (Å²) in [6.45, 7) is 6.65. The molecule has 21 heavy (non-hydrogen) atoms. The largest absolute Gasteiger partial charge is 0.308 e. The van der Waals surface area contributed by atoms with E-state index in [4.69, 9.17) is 0 Å². The van der Waals surface area contributed by atoms with E-state index >= 15 is 0 Å². The van der Waals surface area contributed by atoms with Crippen LogP contribution in [0.5, 0.6) is 0 Å². The fourth-order valence-electron chi connectivity index (χ4n) is 2.61. The van der Waals surface area contributed by atoms with Crippen molar-refractivity contribution in [2.24, 2.45) is 0 Å². The summed E-state index contributed by atoms with van der Waals surface area (Å²) in [4.78, 5) is 0. The molecule has 0 spiro atoms. The van der Waals surface area contributed by atoms with Gasteiger partial charge in [0.1, 0.15) is 0 Å². The van der Waals surface area contributed by atoms with Crippen LogP contribution in [0.25, 0.3) is 0 Å². The van der Waals surface area contributed by atoms with E-state index in [2.05, 4.69) is 90.5 Å². The lowest BCUT2D eigenvalue weighted by atomic mass is 10.0. The van der Waals surface area contributed by atoms with Crippen LogP contribution in [0.3, 0.4) is 0 Å². The maximum atomic E-state index is 3.69. The zero-order valence-electron chi connectivity index (χ0n) is 13.1. The molecule has 1 unspecified atom stereocenters. The van der Waals surface area contributed by atoms with Crippen molar-refractivity contribution < 1.29 is 0 Å². The van der Waals surface area contributed by atoms with Crippen molar-refractivity contribution in [2.45, 2.75) is 45.7 Å². The molecule has 0 aliphatic rings. The van der Waals surface area contributed by atoms with E-state index in [0.717, 1.165) is 17.3 Å². The molecule has 0 saturated carbocycles. The van der Waals surface area contributed by atoms with Crippen LogP contribution in [0, 0.1) is 6.92 Å². The van der Waals surface area contributed by atoms with Gasteiger partial charge in [0, 0.05) is 16.6 Å². The molecular formula is C19H24BrN. The van der Waals surface area contributed by atoms with Crippen molar-refractivity contribution >= 4 is 15.9 Å². The molecule has 2 atom stereocenters. The Bertz CT molecular complexity index is 562. The van der Waals surface area contributed by atoms with Gasteiger partial charge >= 0.3 is 0 Å². The Labute approximate surface area is 136 Å². The van der Waals surface area contributed by atoms with Crippen LogP contribution >= 0.6 is 15.9 Å². The Morgan fingerprint density at radius 2 is 1.76 bits per heavy atom. The molecule has 2 rings (SSSR count). The van der Waals surface area contributed by atoms with Gasteiger partial charge in [0.25, 0.3) is 0 Å². The van der Waals surface area contributed by atoms with E-state index in [1.54, 1.807) is 0 Å². The number of rotatable bonds is 6. The number of nitrogens with one attached hydrogen (secondary N) is 1. The van der Waals surface area contributed by atoms with Crippen LogP contribution in [0.4, 0.5) is 0 Å². The highest BCUT2D eigenvalue weighted by Crippen LogP contribution is 2.18. The Morgan fingerprint density at radius 1 is 1.05 bits per heavy atom. The molecule has 0 aliphatic carbocycles. The Balaban J connectivity index is 1.83. The molecule has 0 aliphatic heterocycles. The first-order valence-corrected chi connectivity index (χ1v) is 8.41. The minimum atomic E-state index is 0.380. The highest BCUT2D eigenvalue weighted by Gasteiger charge is 2.09. The van der Waals surface area contributed by atoms with Crippen molar-refractivity contribution in [3.05, 3.63) is 69.7 Å². The van der Waals surface area contributed by atoms with Crippen LogP contribution in [-0.4, -0.2) is 6.04 Å². The van der Waals surface area contributed by atoms with E-state index in [0.29, 0.717) is 12.1 Å². The molecule has 0 amide bonds. The van der Waals surface area contributed by atoms with Gasteiger partial charge in [0.2, 0.25) is 0 Å². The Kier molecular flexibility index (Phi) is 6.01. The lowest BCUT2D eigenvalue weighted by molar-refractivity contribution is 0.456. The topological polar surface area (TPSA) is 12.0 Å². The molecule has 2 heteroatoms. The molecule has 1 nitrogen and oxygen atoms in total. The van der Waals surface area contributed by atoms with Gasteiger partial charge in [-0.05, 0) is 56.9 Å². The van der Waals surface area contributed by atoms with E-state index in [1.165, 1.54) is 16.7 Å². The number of hydrogen-bond donors (Lipinski definition) is 1. The summed E-state index contributed by atoms with van der Waals surface area (Å²) >= 11 is 3.48. The fraction of sp³-hybridized carbons (Fsp3) is 0.368. The molecule has 0 bridgehead atoms. The summed E-state index contributed by atoms with van der Waals surface area (Å²) in [6, 6.07) is 18.2. The first kappa shape index (κ1) is 16.3. The van der Waals surface area contributed by atoms with Gasteiger partial charge in [-0.15, -0.1) is 0 Å². The normalized spacial score (nSPS) is 13.9. The first-order valence-electron chi connectivity index (χ1n) is 7.61. The Hall–Kier alpha value is -1.12. The second-order valence-corrected chi connectivity index (χ2v) is 6.78. The minimum Gasteiger partial charge on any atom is -0.308 e. The first-order chi connectivity index (χ1) is 10.0. The van der Waals surface area contributed by atoms with Crippen molar-refractivity contribution in [2.75, 3.05) is 0 Å². The summed E-state index contributed by atoms with van der Waals surface area (Å²) < 4.78 is 1.13. The molecule has 0 aromatic heterocycles. The second-order valence-electron chi connectivity index (χ2n) is 5.87. The fourth-order valence-corrected chi connectivity index (χ4v) is 2.87. The summed E-state index contributed by atoms with van der Waals surface area (Å²) in [5.41, 5.74) is 4.11. The van der Waals surface area contributed by atoms with Gasteiger partial charge in [-0.3, -0.25) is 0 Å². The van der Waals surface area contributed by atoms with Crippen LogP contribution in [0.15, 0.2) is 53.0 Å². The summed E-state index contributed by atoms with van der Waals surface area (Å²) in [5, 5.41) is 3.69. The molecule has 2 aromatic carbocycles. The number of hydrogen-bond acceptors (Lipinski definition) is 1. The number of benzene rings is 2. The summed E-state index contributed by atoms with van der Waals surface area (Å²) in [6.07, 6.45) is 2.28. The minimum absolute atomic E-state index is 0.380. The molecule has 1 N–H and O–H groups in total. The van der Waals surface area contributed by atoms with E-state index in [-0.39, 0.29) is 0 Å². The maximum Gasteiger partial charge on any atom is 0.0294 e. The average molecular weight is 346 g/mol. The molecular weight excluding hydrogens is 322 g/mol. The maximum absolute atomic E-state index is 3.69. The van der Waals surface area contributed by atoms with Gasteiger partial charge in [-0.25, -0.2) is 0 Å². The van der Waals surface area contributed by atoms with Crippen molar-refractivity contribution in [1.29, 1.82) is 0 Å². The van der Waals surface area contributed by atoms with Gasteiger partial charge < -0.3 is 5.32 Å². The predicted molar refractivity (Wildman–Crippen MR) is 94.7 cm³/mol. The molecule has 0 saturated heterocycles. The van der Waals surface area contributed by atoms with Crippen molar-refractivity contribution in [3.63, 3.8) is 0 Å². The van der Waals surface area contributed by atoms with E-state index in [1.807, 2.05) is 0 Å². The highest BCUT2D eigenvalue weighted by atomic mass is 79.9. The molecule has 0 fully saturated rings. The zero-order chi connectivity index (χ0) is 15.2. The lowest BCUT2D eigenvalue weighted by Gasteiger charge is -2.20.